The van der Waals surface area contributed by atoms with Crippen LogP contribution < -0.4 is 5.43 Å². The largest absolute Gasteiger partial charge is 0.271 e. The van der Waals surface area contributed by atoms with Crippen molar-refractivity contribution in [1.82, 2.24) is 5.43 Å². The highest BCUT2D eigenvalue weighted by Crippen LogP contribution is 2.12. The molecule has 0 radical (unpaired) electrons. The molecule has 0 aliphatic rings. The van der Waals surface area contributed by atoms with Crippen molar-refractivity contribution in [2.75, 3.05) is 0 Å². The van der Waals surface area contributed by atoms with Gasteiger partial charge in [0.15, 0.2) is 0 Å². The monoisotopic (exact) mass is 344 g/mol. The zero-order chi connectivity index (χ0) is 15.1. The normalized spacial score (nSPS) is 11.2. The lowest BCUT2D eigenvalue weighted by Crippen LogP contribution is -2.20. The molecule has 0 aromatic heterocycles. The SMILES string of the molecule is CCCC(=NNC(=O)c1cccc(Br)c1)c1ccccc1. The van der Waals surface area contributed by atoms with Crippen LogP contribution in [0.1, 0.15) is 35.7 Å². The first-order valence-corrected chi connectivity index (χ1v) is 7.68. The molecule has 0 spiro atoms. The third-order valence-electron chi connectivity index (χ3n) is 2.97. The molecular formula is C17H17BrN2O. The lowest BCUT2D eigenvalue weighted by atomic mass is 10.1. The number of hydrazone groups is 1. The Kier molecular flexibility index (Phi) is 5.69. The number of hydrogen-bond donors (Lipinski definition) is 1. The van der Waals surface area contributed by atoms with Crippen molar-refractivity contribution in [2.45, 2.75) is 19.8 Å². The average molecular weight is 345 g/mol. The van der Waals surface area contributed by atoms with Crippen LogP contribution in [0.25, 0.3) is 0 Å². The number of amides is 1. The first-order chi connectivity index (χ1) is 10.2. The van der Waals surface area contributed by atoms with Gasteiger partial charge in [-0.1, -0.05) is 65.7 Å². The molecular weight excluding hydrogens is 328 g/mol. The van der Waals surface area contributed by atoms with E-state index in [2.05, 4.69) is 33.4 Å². The summed E-state index contributed by atoms with van der Waals surface area (Å²) in [6.45, 7) is 2.09. The Bertz CT molecular complexity index is 638. The molecule has 2 aromatic carbocycles. The number of carbonyl (C=O) groups excluding carboxylic acids is 1. The van der Waals surface area contributed by atoms with Gasteiger partial charge >= 0.3 is 0 Å². The number of nitrogens with one attached hydrogen (secondary N) is 1. The van der Waals surface area contributed by atoms with Crippen LogP contribution in [-0.4, -0.2) is 11.6 Å². The maximum Gasteiger partial charge on any atom is 0.271 e. The summed E-state index contributed by atoms with van der Waals surface area (Å²) < 4.78 is 0.871. The third kappa shape index (κ3) is 4.53. The van der Waals surface area contributed by atoms with Crippen LogP contribution in [0.15, 0.2) is 64.2 Å². The first-order valence-electron chi connectivity index (χ1n) is 6.88. The Morgan fingerprint density at radius 2 is 1.81 bits per heavy atom. The number of benzene rings is 2. The van der Waals surface area contributed by atoms with Crippen molar-refractivity contribution in [2.24, 2.45) is 5.10 Å². The van der Waals surface area contributed by atoms with Crippen molar-refractivity contribution in [3.05, 3.63) is 70.2 Å². The molecule has 0 saturated heterocycles. The summed E-state index contributed by atoms with van der Waals surface area (Å²) in [6, 6.07) is 17.1. The average Bonchev–Trinajstić information content (AvgIpc) is 2.52. The smallest absolute Gasteiger partial charge is 0.267 e. The predicted octanol–water partition coefficient (Wildman–Crippen LogP) is 4.38. The Morgan fingerprint density at radius 3 is 2.48 bits per heavy atom. The van der Waals surface area contributed by atoms with Crippen LogP contribution in [0.3, 0.4) is 0 Å². The first kappa shape index (κ1) is 15.4. The van der Waals surface area contributed by atoms with Crippen molar-refractivity contribution < 1.29 is 4.79 Å². The van der Waals surface area contributed by atoms with E-state index in [-0.39, 0.29) is 5.91 Å². The van der Waals surface area contributed by atoms with Crippen molar-refractivity contribution in [3.8, 4) is 0 Å². The van der Waals surface area contributed by atoms with Crippen molar-refractivity contribution in [1.29, 1.82) is 0 Å². The van der Waals surface area contributed by atoms with E-state index >= 15 is 0 Å². The second kappa shape index (κ2) is 7.74. The summed E-state index contributed by atoms with van der Waals surface area (Å²) in [5.41, 5.74) is 5.14. The molecule has 0 atom stereocenters. The van der Waals surface area contributed by atoms with E-state index in [1.54, 1.807) is 12.1 Å². The van der Waals surface area contributed by atoms with Gasteiger partial charge in [-0.25, -0.2) is 5.43 Å². The van der Waals surface area contributed by atoms with Crippen molar-refractivity contribution in [3.63, 3.8) is 0 Å². The van der Waals surface area contributed by atoms with Crippen LogP contribution in [0.4, 0.5) is 0 Å². The van der Waals surface area contributed by atoms with E-state index in [9.17, 15) is 4.79 Å². The summed E-state index contributed by atoms with van der Waals surface area (Å²) >= 11 is 3.36. The number of halogens is 1. The molecule has 2 aromatic rings. The lowest BCUT2D eigenvalue weighted by molar-refractivity contribution is 0.0954. The van der Waals surface area contributed by atoms with E-state index in [1.807, 2.05) is 42.5 Å². The summed E-state index contributed by atoms with van der Waals surface area (Å²) in [7, 11) is 0. The molecule has 0 bridgehead atoms. The number of nitrogens with zero attached hydrogens (tertiary/aromatic N) is 1. The molecule has 0 heterocycles. The second-order valence-electron chi connectivity index (χ2n) is 4.63. The van der Waals surface area contributed by atoms with Crippen LogP contribution in [-0.2, 0) is 0 Å². The highest BCUT2D eigenvalue weighted by Gasteiger charge is 2.06. The van der Waals surface area contributed by atoms with Gasteiger partial charge in [-0.2, -0.15) is 5.10 Å². The summed E-state index contributed by atoms with van der Waals surface area (Å²) in [5, 5.41) is 4.29. The van der Waals surface area contributed by atoms with E-state index in [1.165, 1.54) is 0 Å². The Morgan fingerprint density at radius 1 is 1.10 bits per heavy atom. The summed E-state index contributed by atoms with van der Waals surface area (Å²) in [6.07, 6.45) is 1.79. The number of hydrogen-bond acceptors (Lipinski definition) is 2. The van der Waals surface area contributed by atoms with Crippen LogP contribution in [0.2, 0.25) is 0 Å². The fourth-order valence-electron chi connectivity index (χ4n) is 1.94. The molecule has 2 rings (SSSR count). The van der Waals surface area contributed by atoms with Gasteiger partial charge < -0.3 is 0 Å². The molecule has 0 fully saturated rings. The van der Waals surface area contributed by atoms with E-state index < -0.39 is 0 Å². The van der Waals surface area contributed by atoms with Gasteiger partial charge in [0.25, 0.3) is 5.91 Å². The minimum Gasteiger partial charge on any atom is -0.267 e. The van der Waals surface area contributed by atoms with Crippen molar-refractivity contribution >= 4 is 27.5 Å². The van der Waals surface area contributed by atoms with E-state index in [0.717, 1.165) is 28.6 Å². The van der Waals surface area contributed by atoms with E-state index in [0.29, 0.717) is 5.56 Å². The minimum absolute atomic E-state index is 0.208. The quantitative estimate of drug-likeness (QED) is 0.634. The zero-order valence-electron chi connectivity index (χ0n) is 11.8. The molecule has 4 heteroatoms. The van der Waals surface area contributed by atoms with Gasteiger partial charge in [0.05, 0.1) is 5.71 Å². The van der Waals surface area contributed by atoms with Gasteiger partial charge in [-0.05, 0) is 30.2 Å². The van der Waals surface area contributed by atoms with Gasteiger partial charge in [0.1, 0.15) is 0 Å². The molecule has 1 amide bonds. The maximum atomic E-state index is 12.1. The van der Waals surface area contributed by atoms with Crippen LogP contribution in [0, 0.1) is 0 Å². The van der Waals surface area contributed by atoms with Gasteiger partial charge in [0, 0.05) is 10.0 Å². The molecule has 0 aliphatic heterocycles. The molecule has 108 valence electrons. The molecule has 0 saturated carbocycles. The lowest BCUT2D eigenvalue weighted by Gasteiger charge is -2.06. The predicted molar refractivity (Wildman–Crippen MR) is 89.5 cm³/mol. The van der Waals surface area contributed by atoms with Gasteiger partial charge in [0.2, 0.25) is 0 Å². The Balaban J connectivity index is 2.15. The molecule has 3 nitrogen and oxygen atoms in total. The Hall–Kier alpha value is -1.94. The summed E-state index contributed by atoms with van der Waals surface area (Å²) in [5.74, 6) is -0.208. The fraction of sp³-hybridized carbons (Fsp3) is 0.176. The second-order valence-corrected chi connectivity index (χ2v) is 5.54. The zero-order valence-corrected chi connectivity index (χ0v) is 13.4. The molecule has 0 unspecified atom stereocenters. The standard InChI is InChI=1S/C17H17BrN2O/c1-2-7-16(13-8-4-3-5-9-13)19-20-17(21)14-10-6-11-15(18)12-14/h3-6,8-12H,2,7H2,1H3,(H,20,21). The highest BCUT2D eigenvalue weighted by molar-refractivity contribution is 9.10. The fourth-order valence-corrected chi connectivity index (χ4v) is 2.34. The highest BCUT2D eigenvalue weighted by atomic mass is 79.9. The Labute approximate surface area is 133 Å². The molecule has 21 heavy (non-hydrogen) atoms. The van der Waals surface area contributed by atoms with Crippen LogP contribution >= 0.6 is 15.9 Å². The van der Waals surface area contributed by atoms with Crippen LogP contribution in [0.5, 0.6) is 0 Å². The molecule has 0 aliphatic carbocycles. The molecule has 1 N–H and O–H groups in total. The summed E-state index contributed by atoms with van der Waals surface area (Å²) in [4.78, 5) is 12.1. The number of rotatable bonds is 5. The topological polar surface area (TPSA) is 41.5 Å². The van der Waals surface area contributed by atoms with E-state index in [4.69, 9.17) is 0 Å². The van der Waals surface area contributed by atoms with Gasteiger partial charge in [-0.15, -0.1) is 0 Å². The maximum absolute atomic E-state index is 12.1. The third-order valence-corrected chi connectivity index (χ3v) is 3.47. The van der Waals surface area contributed by atoms with Gasteiger partial charge in [-0.3, -0.25) is 4.79 Å². The number of carbonyl (C=O) groups is 1. The minimum atomic E-state index is -0.208.